The van der Waals surface area contributed by atoms with Gasteiger partial charge in [0.15, 0.2) is 5.65 Å². The van der Waals surface area contributed by atoms with Gasteiger partial charge < -0.3 is 15.1 Å². The Morgan fingerprint density at radius 3 is 2.68 bits per heavy atom. The number of amides is 2. The summed E-state index contributed by atoms with van der Waals surface area (Å²) >= 11 is 0. The molecule has 130 valence electrons. The molecule has 0 spiro atoms. The van der Waals surface area contributed by atoms with Crippen molar-refractivity contribution in [1.29, 1.82) is 0 Å². The number of H-pyrrole nitrogens is 1. The van der Waals surface area contributed by atoms with Crippen LogP contribution in [-0.4, -0.2) is 51.8 Å². The number of carbonyl (C=O) groups excluding carboxylic acids is 1. The van der Waals surface area contributed by atoms with E-state index in [2.05, 4.69) is 15.3 Å². The maximum atomic E-state index is 12.6. The zero-order chi connectivity index (χ0) is 17.6. The lowest BCUT2D eigenvalue weighted by molar-refractivity contribution is 0.153. The first-order chi connectivity index (χ1) is 12.1. The van der Waals surface area contributed by atoms with Crippen molar-refractivity contribution < 1.29 is 4.79 Å². The summed E-state index contributed by atoms with van der Waals surface area (Å²) in [4.78, 5) is 33.3. The Labute approximate surface area is 146 Å². The van der Waals surface area contributed by atoms with E-state index in [0.29, 0.717) is 36.0 Å². The summed E-state index contributed by atoms with van der Waals surface area (Å²) in [6.07, 6.45) is 5.79. The fraction of sp³-hybridized carbons (Fsp3) is 0.625. The highest BCUT2D eigenvalue weighted by Crippen LogP contribution is 2.31. The minimum Gasteiger partial charge on any atom is -0.391 e. The fourth-order valence-electron chi connectivity index (χ4n) is 3.91. The molecule has 8 nitrogen and oxygen atoms in total. The highest BCUT2D eigenvalue weighted by atomic mass is 16.2. The molecule has 0 atom stereocenters. The van der Waals surface area contributed by atoms with Crippen molar-refractivity contribution in [3.63, 3.8) is 0 Å². The van der Waals surface area contributed by atoms with Crippen molar-refractivity contribution in [1.82, 2.24) is 29.9 Å². The molecular weight excluding hydrogens is 319 g/mol. The molecule has 2 aliphatic rings. The predicted molar refractivity (Wildman–Crippen MR) is 93.6 cm³/mol. The van der Waals surface area contributed by atoms with Crippen LogP contribution in [0.2, 0.25) is 0 Å². The minimum atomic E-state index is -0.317. The first-order valence-corrected chi connectivity index (χ1v) is 8.83. The molecule has 4 rings (SSSR count). The van der Waals surface area contributed by atoms with Gasteiger partial charge in [0.05, 0.1) is 17.7 Å². The molecule has 9 heteroatoms. The van der Waals surface area contributed by atoms with Gasteiger partial charge in [0, 0.05) is 13.1 Å². The summed E-state index contributed by atoms with van der Waals surface area (Å²) in [5, 5.41) is 7.31. The molecular formula is C16H21BN6O2. The van der Waals surface area contributed by atoms with Crippen molar-refractivity contribution in [2.75, 3.05) is 13.1 Å². The molecule has 1 aliphatic heterocycles. The lowest BCUT2D eigenvalue weighted by atomic mass is 9.96. The van der Waals surface area contributed by atoms with E-state index in [1.165, 1.54) is 19.3 Å². The molecule has 2 aromatic heterocycles. The fourth-order valence-corrected chi connectivity index (χ4v) is 3.91. The van der Waals surface area contributed by atoms with Crippen LogP contribution in [0, 0.1) is 6.92 Å². The summed E-state index contributed by atoms with van der Waals surface area (Å²) in [7, 11) is 5.14. The third kappa shape index (κ3) is 2.71. The van der Waals surface area contributed by atoms with Crippen LogP contribution in [0.4, 0.5) is 4.79 Å². The molecule has 2 fully saturated rings. The highest BCUT2D eigenvalue weighted by molar-refractivity contribution is 6.13. The van der Waals surface area contributed by atoms with Crippen LogP contribution < -0.4 is 10.8 Å². The minimum absolute atomic E-state index is 0.0180. The summed E-state index contributed by atoms with van der Waals surface area (Å²) in [5.74, 6) is 0.639. The van der Waals surface area contributed by atoms with Crippen molar-refractivity contribution in [3.05, 3.63) is 21.9 Å². The quantitative estimate of drug-likeness (QED) is 0.801. The van der Waals surface area contributed by atoms with Gasteiger partial charge in [-0.1, -0.05) is 19.3 Å². The predicted octanol–water partition coefficient (Wildman–Crippen LogP) is 1.13. The van der Waals surface area contributed by atoms with E-state index in [9.17, 15) is 9.59 Å². The number of aromatic nitrogens is 4. The molecule has 0 unspecified atom stereocenters. The Morgan fingerprint density at radius 1 is 1.28 bits per heavy atom. The van der Waals surface area contributed by atoms with Gasteiger partial charge in [-0.2, -0.15) is 5.10 Å². The number of fused-ring (bicyclic) bond motifs is 1. The Kier molecular flexibility index (Phi) is 4.01. The van der Waals surface area contributed by atoms with Crippen molar-refractivity contribution in [3.8, 4) is 0 Å². The Bertz CT molecular complexity index is 863. The van der Waals surface area contributed by atoms with E-state index in [-0.39, 0.29) is 17.5 Å². The number of aromatic amines is 1. The zero-order valence-electron chi connectivity index (χ0n) is 14.3. The van der Waals surface area contributed by atoms with Crippen LogP contribution in [0.3, 0.4) is 0 Å². The Hall–Kier alpha value is -2.32. The van der Waals surface area contributed by atoms with Crippen LogP contribution in [-0.2, 0) is 0 Å². The molecule has 2 aromatic rings. The number of rotatable bonds is 2. The average molecular weight is 340 g/mol. The van der Waals surface area contributed by atoms with Crippen LogP contribution in [0.1, 0.15) is 55.6 Å². The Balaban J connectivity index is 1.68. The third-order valence-electron chi connectivity index (χ3n) is 5.35. The Morgan fingerprint density at radius 2 is 2.00 bits per heavy atom. The standard InChI is InChI=1S/C16H21BN6O2/c1-9-12-14(23(21-9)11-5-3-2-4-6-11)18-13(19-15(12)24)10-7-22(8-10)16(25)20-17/h10-11H,2-8H2,1H3,(H,20,25)(H,18,19,24). The van der Waals surface area contributed by atoms with E-state index >= 15 is 0 Å². The largest absolute Gasteiger partial charge is 0.391 e. The molecule has 0 aromatic carbocycles. The first-order valence-electron chi connectivity index (χ1n) is 8.83. The number of nitrogens with one attached hydrogen (secondary N) is 2. The molecule has 3 heterocycles. The van der Waals surface area contributed by atoms with Gasteiger partial charge in [0.2, 0.25) is 7.98 Å². The molecule has 2 radical (unpaired) electrons. The van der Waals surface area contributed by atoms with Gasteiger partial charge in [-0.15, -0.1) is 0 Å². The molecule has 1 saturated carbocycles. The number of likely N-dealkylation sites (tertiary alicyclic amines) is 1. The topological polar surface area (TPSA) is 95.9 Å². The lowest BCUT2D eigenvalue weighted by Crippen LogP contribution is -2.52. The average Bonchev–Trinajstić information content (AvgIpc) is 2.91. The first kappa shape index (κ1) is 16.2. The second kappa shape index (κ2) is 6.20. The van der Waals surface area contributed by atoms with Crippen LogP contribution >= 0.6 is 0 Å². The van der Waals surface area contributed by atoms with Gasteiger partial charge >= 0.3 is 6.03 Å². The van der Waals surface area contributed by atoms with E-state index in [0.717, 1.165) is 18.5 Å². The molecule has 0 bridgehead atoms. The van der Waals surface area contributed by atoms with Crippen LogP contribution in [0.5, 0.6) is 0 Å². The smallest absolute Gasteiger partial charge is 0.304 e. The normalized spacial score (nSPS) is 19.2. The van der Waals surface area contributed by atoms with Crippen LogP contribution in [0.25, 0.3) is 11.0 Å². The maximum absolute atomic E-state index is 12.6. The molecule has 1 aliphatic carbocycles. The number of urea groups is 1. The highest BCUT2D eigenvalue weighted by Gasteiger charge is 2.34. The van der Waals surface area contributed by atoms with Gasteiger partial charge in [0.1, 0.15) is 11.2 Å². The number of aryl methyl sites for hydroxylation is 1. The van der Waals surface area contributed by atoms with E-state index in [4.69, 9.17) is 13.0 Å². The molecule has 25 heavy (non-hydrogen) atoms. The third-order valence-corrected chi connectivity index (χ3v) is 5.35. The maximum Gasteiger partial charge on any atom is 0.304 e. The summed E-state index contributed by atoms with van der Waals surface area (Å²) < 4.78 is 1.95. The second-order valence-corrected chi connectivity index (χ2v) is 7.02. The number of hydrogen-bond acceptors (Lipinski definition) is 4. The summed E-state index contributed by atoms with van der Waals surface area (Å²) in [5.41, 5.74) is 1.24. The monoisotopic (exact) mass is 340 g/mol. The van der Waals surface area contributed by atoms with Gasteiger partial charge in [-0.05, 0) is 19.8 Å². The van der Waals surface area contributed by atoms with Crippen molar-refractivity contribution in [2.45, 2.75) is 51.0 Å². The SMILES string of the molecule is [B]NC(=O)N1CC(c2nc3c(c(C)nn3C3CCCCC3)c(=O)[nH]2)C1. The van der Waals surface area contributed by atoms with E-state index < -0.39 is 0 Å². The molecule has 1 saturated heterocycles. The van der Waals surface area contributed by atoms with Gasteiger partial charge in [0.25, 0.3) is 5.56 Å². The number of hydrogen-bond donors (Lipinski definition) is 2. The van der Waals surface area contributed by atoms with Gasteiger partial charge in [-0.3, -0.25) is 9.59 Å². The molecule has 2 N–H and O–H groups in total. The zero-order valence-corrected chi connectivity index (χ0v) is 14.3. The van der Waals surface area contributed by atoms with Crippen molar-refractivity contribution in [2.24, 2.45) is 0 Å². The van der Waals surface area contributed by atoms with E-state index in [1.807, 2.05) is 11.6 Å². The van der Waals surface area contributed by atoms with Crippen molar-refractivity contribution >= 4 is 25.0 Å². The van der Waals surface area contributed by atoms with E-state index in [1.54, 1.807) is 4.90 Å². The lowest BCUT2D eigenvalue weighted by Gasteiger charge is -2.38. The van der Waals surface area contributed by atoms with Gasteiger partial charge in [-0.25, -0.2) is 9.67 Å². The molecule has 2 amide bonds. The van der Waals surface area contributed by atoms with Crippen LogP contribution in [0.15, 0.2) is 4.79 Å². The summed E-state index contributed by atoms with van der Waals surface area (Å²) in [6, 6.07) is -0.00391. The number of nitrogens with zero attached hydrogens (tertiary/aromatic N) is 4. The number of carbonyl (C=O) groups is 1. The summed E-state index contributed by atoms with van der Waals surface area (Å²) in [6.45, 7) is 2.84. The second-order valence-electron chi connectivity index (χ2n) is 7.02.